The summed E-state index contributed by atoms with van der Waals surface area (Å²) in [5.41, 5.74) is 5.59. The summed E-state index contributed by atoms with van der Waals surface area (Å²) in [7, 11) is -3.57. The summed E-state index contributed by atoms with van der Waals surface area (Å²) in [5.74, 6) is 0.384. The van der Waals surface area contributed by atoms with E-state index >= 15 is 0 Å². The van der Waals surface area contributed by atoms with Gasteiger partial charge in [0, 0.05) is 25.3 Å². The molecular formula is C11H22N4O2S. The molecule has 1 aromatic rings. The number of hydrogen-bond donors (Lipinski definition) is 2. The van der Waals surface area contributed by atoms with Gasteiger partial charge in [-0.3, -0.25) is 0 Å². The van der Waals surface area contributed by atoms with Crippen LogP contribution in [0.2, 0.25) is 0 Å². The van der Waals surface area contributed by atoms with E-state index in [1.165, 1.54) is 12.5 Å². The zero-order valence-electron chi connectivity index (χ0n) is 11.1. The highest BCUT2D eigenvalue weighted by Gasteiger charge is 2.22. The van der Waals surface area contributed by atoms with Crippen molar-refractivity contribution in [1.82, 2.24) is 14.3 Å². The Morgan fingerprint density at radius 1 is 1.50 bits per heavy atom. The number of aromatic nitrogens is 2. The Bertz CT molecular complexity index is 467. The molecule has 0 aliphatic heterocycles. The fourth-order valence-electron chi connectivity index (χ4n) is 1.69. The molecule has 104 valence electrons. The number of aryl methyl sites for hydroxylation is 1. The third-order valence-electron chi connectivity index (χ3n) is 2.61. The van der Waals surface area contributed by atoms with E-state index in [0.29, 0.717) is 18.9 Å². The van der Waals surface area contributed by atoms with Crippen LogP contribution in [0.3, 0.4) is 0 Å². The predicted octanol–water partition coefficient (Wildman–Crippen LogP) is 0.555. The lowest BCUT2D eigenvalue weighted by molar-refractivity contribution is 0.464. The van der Waals surface area contributed by atoms with E-state index in [1.807, 2.05) is 20.8 Å². The number of nitrogens with two attached hydrogens (primary N) is 1. The highest BCUT2D eigenvalue weighted by Crippen LogP contribution is 2.09. The van der Waals surface area contributed by atoms with Gasteiger partial charge in [0.1, 0.15) is 0 Å². The standard InChI is InChI=1S/C11H22N4O2S/c1-4-15-7-11(13-8-15)18(16,17)14-10(6-12)5-9(2)3/h7-10,14H,4-6,12H2,1-3H3. The SMILES string of the molecule is CCn1cnc(S(=O)(=O)NC(CN)CC(C)C)c1. The average molecular weight is 274 g/mol. The molecule has 0 fully saturated rings. The summed E-state index contributed by atoms with van der Waals surface area (Å²) < 4.78 is 28.5. The van der Waals surface area contributed by atoms with E-state index < -0.39 is 10.0 Å². The minimum atomic E-state index is -3.57. The Morgan fingerprint density at radius 2 is 2.17 bits per heavy atom. The van der Waals surface area contributed by atoms with Crippen LogP contribution >= 0.6 is 0 Å². The number of imidazole rings is 1. The largest absolute Gasteiger partial charge is 0.336 e. The molecule has 1 aromatic heterocycles. The molecule has 0 aromatic carbocycles. The van der Waals surface area contributed by atoms with Crippen molar-refractivity contribution >= 4 is 10.0 Å². The first kappa shape index (κ1) is 15.1. The molecule has 0 aliphatic carbocycles. The van der Waals surface area contributed by atoms with Crippen molar-refractivity contribution < 1.29 is 8.42 Å². The van der Waals surface area contributed by atoms with Crippen molar-refractivity contribution in [2.45, 2.75) is 44.8 Å². The monoisotopic (exact) mass is 274 g/mol. The van der Waals surface area contributed by atoms with Gasteiger partial charge < -0.3 is 10.3 Å². The van der Waals surface area contributed by atoms with Crippen molar-refractivity contribution in [3.8, 4) is 0 Å². The van der Waals surface area contributed by atoms with Gasteiger partial charge in [-0.15, -0.1) is 0 Å². The van der Waals surface area contributed by atoms with Crippen molar-refractivity contribution in [2.75, 3.05) is 6.54 Å². The van der Waals surface area contributed by atoms with E-state index in [9.17, 15) is 8.42 Å². The lowest BCUT2D eigenvalue weighted by Gasteiger charge is -2.17. The molecular weight excluding hydrogens is 252 g/mol. The van der Waals surface area contributed by atoms with Crippen LogP contribution in [0, 0.1) is 5.92 Å². The van der Waals surface area contributed by atoms with Gasteiger partial charge in [0.25, 0.3) is 10.0 Å². The van der Waals surface area contributed by atoms with Gasteiger partial charge in [0.2, 0.25) is 0 Å². The summed E-state index contributed by atoms with van der Waals surface area (Å²) in [6.07, 6.45) is 3.74. The number of hydrogen-bond acceptors (Lipinski definition) is 4. The Morgan fingerprint density at radius 3 is 2.61 bits per heavy atom. The summed E-state index contributed by atoms with van der Waals surface area (Å²) in [4.78, 5) is 3.90. The zero-order valence-corrected chi connectivity index (χ0v) is 11.9. The first-order chi connectivity index (χ1) is 8.39. The second-order valence-electron chi connectivity index (χ2n) is 4.73. The van der Waals surface area contributed by atoms with Gasteiger partial charge in [-0.1, -0.05) is 13.8 Å². The second kappa shape index (κ2) is 6.31. The average Bonchev–Trinajstić information content (AvgIpc) is 2.76. The second-order valence-corrected chi connectivity index (χ2v) is 6.39. The zero-order chi connectivity index (χ0) is 13.8. The van der Waals surface area contributed by atoms with Gasteiger partial charge >= 0.3 is 0 Å². The third-order valence-corrected chi connectivity index (χ3v) is 4.02. The summed E-state index contributed by atoms with van der Waals surface area (Å²) >= 11 is 0. The van der Waals surface area contributed by atoms with E-state index in [4.69, 9.17) is 5.73 Å². The number of sulfonamides is 1. The molecule has 6 nitrogen and oxygen atoms in total. The summed E-state index contributed by atoms with van der Waals surface area (Å²) in [6.45, 7) is 6.96. The minimum Gasteiger partial charge on any atom is -0.336 e. The quantitative estimate of drug-likeness (QED) is 0.760. The van der Waals surface area contributed by atoms with Crippen molar-refractivity contribution in [3.05, 3.63) is 12.5 Å². The molecule has 0 amide bonds. The van der Waals surface area contributed by atoms with Crippen LogP contribution in [0.1, 0.15) is 27.2 Å². The van der Waals surface area contributed by atoms with Crippen molar-refractivity contribution in [1.29, 1.82) is 0 Å². The Labute approximate surface area is 109 Å². The van der Waals surface area contributed by atoms with E-state index in [2.05, 4.69) is 9.71 Å². The van der Waals surface area contributed by atoms with Crippen LogP contribution < -0.4 is 10.5 Å². The third kappa shape index (κ3) is 4.08. The van der Waals surface area contributed by atoms with Crippen LogP contribution in [0.4, 0.5) is 0 Å². The molecule has 0 radical (unpaired) electrons. The predicted molar refractivity (Wildman–Crippen MR) is 70.5 cm³/mol. The van der Waals surface area contributed by atoms with Gasteiger partial charge in [-0.2, -0.15) is 0 Å². The van der Waals surface area contributed by atoms with Gasteiger partial charge in [-0.05, 0) is 19.3 Å². The highest BCUT2D eigenvalue weighted by atomic mass is 32.2. The first-order valence-corrected chi connectivity index (χ1v) is 7.61. The van der Waals surface area contributed by atoms with Gasteiger partial charge in [0.15, 0.2) is 5.03 Å². The molecule has 0 saturated carbocycles. The maximum absolute atomic E-state index is 12.1. The number of rotatable bonds is 7. The smallest absolute Gasteiger partial charge is 0.259 e. The van der Waals surface area contributed by atoms with Crippen LogP contribution in [-0.2, 0) is 16.6 Å². The fraction of sp³-hybridized carbons (Fsp3) is 0.727. The van der Waals surface area contributed by atoms with E-state index in [-0.39, 0.29) is 17.6 Å². The minimum absolute atomic E-state index is 0.0477. The number of nitrogens with zero attached hydrogens (tertiary/aromatic N) is 2. The molecule has 7 heteroatoms. The van der Waals surface area contributed by atoms with Crippen LogP contribution in [0.5, 0.6) is 0 Å². The Hall–Kier alpha value is -0.920. The lowest BCUT2D eigenvalue weighted by Crippen LogP contribution is -2.41. The molecule has 0 bridgehead atoms. The summed E-state index contributed by atoms with van der Waals surface area (Å²) in [5, 5.41) is 0.0477. The van der Waals surface area contributed by atoms with Gasteiger partial charge in [-0.25, -0.2) is 18.1 Å². The van der Waals surface area contributed by atoms with Gasteiger partial charge in [0.05, 0.1) is 6.33 Å². The topological polar surface area (TPSA) is 90.0 Å². The Balaban J connectivity index is 2.80. The maximum Gasteiger partial charge on any atom is 0.259 e. The molecule has 1 unspecified atom stereocenters. The fourth-order valence-corrected chi connectivity index (χ4v) is 2.90. The highest BCUT2D eigenvalue weighted by molar-refractivity contribution is 7.89. The van der Waals surface area contributed by atoms with Crippen LogP contribution in [0.25, 0.3) is 0 Å². The Kier molecular flexibility index (Phi) is 5.30. The molecule has 1 heterocycles. The van der Waals surface area contributed by atoms with E-state index in [0.717, 1.165) is 0 Å². The summed E-state index contributed by atoms with van der Waals surface area (Å²) in [6, 6.07) is -0.248. The van der Waals surface area contributed by atoms with Crippen molar-refractivity contribution in [3.63, 3.8) is 0 Å². The number of nitrogens with one attached hydrogen (secondary N) is 1. The van der Waals surface area contributed by atoms with Crippen LogP contribution in [0.15, 0.2) is 17.6 Å². The first-order valence-electron chi connectivity index (χ1n) is 6.13. The molecule has 0 aliphatic rings. The molecule has 1 atom stereocenters. The molecule has 0 spiro atoms. The molecule has 0 saturated heterocycles. The van der Waals surface area contributed by atoms with Crippen molar-refractivity contribution in [2.24, 2.45) is 11.7 Å². The lowest BCUT2D eigenvalue weighted by atomic mass is 10.1. The van der Waals surface area contributed by atoms with E-state index in [1.54, 1.807) is 4.57 Å². The molecule has 18 heavy (non-hydrogen) atoms. The normalized spacial score (nSPS) is 14.1. The van der Waals surface area contributed by atoms with Crippen LogP contribution in [-0.4, -0.2) is 30.6 Å². The molecule has 1 rings (SSSR count). The molecule has 3 N–H and O–H groups in total. The maximum atomic E-state index is 12.1.